The Morgan fingerprint density at radius 2 is 2.00 bits per heavy atom. The topological polar surface area (TPSA) is 9.23 Å². The number of hydrogen-bond acceptors (Lipinski definition) is 1. The van der Waals surface area contributed by atoms with E-state index >= 15 is 0 Å². The van der Waals surface area contributed by atoms with Gasteiger partial charge in [0, 0.05) is 8.81 Å². The van der Waals surface area contributed by atoms with Crippen LogP contribution in [0.4, 0.5) is 0 Å². The van der Waals surface area contributed by atoms with Crippen LogP contribution in [0.1, 0.15) is 40.5 Å². The molecule has 0 aromatic heterocycles. The van der Waals surface area contributed by atoms with Crippen LogP contribution in [0.25, 0.3) is 0 Å². The van der Waals surface area contributed by atoms with Crippen molar-refractivity contribution in [3.8, 4) is 0 Å². The van der Waals surface area contributed by atoms with Crippen LogP contribution in [0.5, 0.6) is 0 Å². The Labute approximate surface area is 72.8 Å². The Bertz CT molecular complexity index is 102. The van der Waals surface area contributed by atoms with Crippen LogP contribution in [0, 0.1) is 5.92 Å². The first kappa shape index (κ1) is 11.4. The van der Waals surface area contributed by atoms with Crippen LogP contribution in [0.15, 0.2) is 0 Å². The monoisotopic (exact) mass is 176 g/mol. The van der Waals surface area contributed by atoms with Crippen molar-refractivity contribution >= 4 is 8.81 Å². The first-order valence-electron chi connectivity index (χ1n) is 4.36. The van der Waals surface area contributed by atoms with Crippen LogP contribution >= 0.6 is 8.81 Å². The zero-order chi connectivity index (χ0) is 8.91. The van der Waals surface area contributed by atoms with E-state index in [1.807, 2.05) is 0 Å². The SMILES string of the molecule is CCC(C)CC(C)(C)OPC. The van der Waals surface area contributed by atoms with Crippen molar-refractivity contribution in [3.63, 3.8) is 0 Å². The summed E-state index contributed by atoms with van der Waals surface area (Å²) in [7, 11) is 0.610. The van der Waals surface area contributed by atoms with E-state index in [0.29, 0.717) is 8.81 Å². The summed E-state index contributed by atoms with van der Waals surface area (Å²) in [5, 5.41) is 0. The zero-order valence-corrected chi connectivity index (χ0v) is 9.40. The Hall–Kier alpha value is 0.390. The van der Waals surface area contributed by atoms with E-state index in [1.165, 1.54) is 12.8 Å². The molecule has 0 heterocycles. The van der Waals surface area contributed by atoms with E-state index in [0.717, 1.165) is 5.92 Å². The second-order valence-electron chi connectivity index (χ2n) is 3.78. The molecule has 2 heteroatoms. The smallest absolute Gasteiger partial charge is 0.0668 e. The third-order valence-corrected chi connectivity index (χ3v) is 2.67. The summed E-state index contributed by atoms with van der Waals surface area (Å²) in [5.74, 6) is 0.779. The summed E-state index contributed by atoms with van der Waals surface area (Å²) < 4.78 is 5.63. The molecule has 68 valence electrons. The molecule has 0 rings (SSSR count). The van der Waals surface area contributed by atoms with Crippen LogP contribution < -0.4 is 0 Å². The van der Waals surface area contributed by atoms with E-state index in [1.54, 1.807) is 0 Å². The van der Waals surface area contributed by atoms with E-state index in [-0.39, 0.29) is 5.60 Å². The van der Waals surface area contributed by atoms with Gasteiger partial charge in [0.1, 0.15) is 0 Å². The summed E-state index contributed by atoms with van der Waals surface area (Å²) in [4.78, 5) is 0. The summed E-state index contributed by atoms with van der Waals surface area (Å²) in [6.07, 6.45) is 2.42. The summed E-state index contributed by atoms with van der Waals surface area (Å²) >= 11 is 0. The van der Waals surface area contributed by atoms with E-state index in [2.05, 4.69) is 34.4 Å². The fraction of sp³-hybridized carbons (Fsp3) is 1.00. The minimum atomic E-state index is 0.0859. The van der Waals surface area contributed by atoms with Gasteiger partial charge in [-0.3, -0.25) is 0 Å². The third-order valence-electron chi connectivity index (χ3n) is 1.92. The lowest BCUT2D eigenvalue weighted by Crippen LogP contribution is -2.23. The van der Waals surface area contributed by atoms with Gasteiger partial charge in [0.05, 0.1) is 5.60 Å². The van der Waals surface area contributed by atoms with Gasteiger partial charge in [-0.2, -0.15) is 0 Å². The standard InChI is InChI=1S/C9H21OP/c1-6-8(2)7-9(3,4)10-11-5/h8,11H,6-7H2,1-5H3. The fourth-order valence-corrected chi connectivity index (χ4v) is 1.94. The Morgan fingerprint density at radius 1 is 1.45 bits per heavy atom. The van der Waals surface area contributed by atoms with Crippen molar-refractivity contribution in [2.75, 3.05) is 6.66 Å². The van der Waals surface area contributed by atoms with Crippen molar-refractivity contribution in [1.29, 1.82) is 0 Å². The third kappa shape index (κ3) is 5.64. The van der Waals surface area contributed by atoms with Crippen molar-refractivity contribution in [3.05, 3.63) is 0 Å². The first-order valence-corrected chi connectivity index (χ1v) is 5.77. The molecular formula is C9H21OP. The van der Waals surface area contributed by atoms with E-state index in [9.17, 15) is 0 Å². The molecule has 2 unspecified atom stereocenters. The molecule has 0 aliphatic heterocycles. The molecule has 0 saturated carbocycles. The second kappa shape index (κ2) is 5.11. The molecule has 0 aliphatic carbocycles. The molecule has 0 bridgehead atoms. The maximum absolute atomic E-state index is 5.63. The van der Waals surface area contributed by atoms with Crippen LogP contribution in [0.2, 0.25) is 0 Å². The molecule has 0 aromatic carbocycles. The Balaban J connectivity index is 3.70. The predicted molar refractivity (Wildman–Crippen MR) is 53.5 cm³/mol. The van der Waals surface area contributed by atoms with Crippen LogP contribution in [-0.2, 0) is 4.52 Å². The van der Waals surface area contributed by atoms with Crippen LogP contribution in [0.3, 0.4) is 0 Å². The van der Waals surface area contributed by atoms with E-state index < -0.39 is 0 Å². The lowest BCUT2D eigenvalue weighted by Gasteiger charge is -2.27. The predicted octanol–water partition coefficient (Wildman–Crippen LogP) is 3.44. The highest BCUT2D eigenvalue weighted by atomic mass is 31.1. The molecule has 2 atom stereocenters. The second-order valence-corrected chi connectivity index (χ2v) is 4.40. The lowest BCUT2D eigenvalue weighted by molar-refractivity contribution is 0.103. The molecule has 0 fully saturated rings. The maximum atomic E-state index is 5.63. The van der Waals surface area contributed by atoms with Gasteiger partial charge in [-0.15, -0.1) is 0 Å². The summed E-state index contributed by atoms with van der Waals surface area (Å²) in [6.45, 7) is 10.9. The summed E-state index contributed by atoms with van der Waals surface area (Å²) in [5.41, 5.74) is 0.0859. The lowest BCUT2D eigenvalue weighted by atomic mass is 9.93. The van der Waals surface area contributed by atoms with Crippen molar-refractivity contribution in [1.82, 2.24) is 0 Å². The number of rotatable bonds is 5. The average molecular weight is 176 g/mol. The largest absolute Gasteiger partial charge is 0.357 e. The summed E-state index contributed by atoms with van der Waals surface area (Å²) in [6, 6.07) is 0. The van der Waals surface area contributed by atoms with Crippen molar-refractivity contribution in [2.45, 2.75) is 46.1 Å². The molecule has 0 aliphatic rings. The highest BCUT2D eigenvalue weighted by Crippen LogP contribution is 2.27. The maximum Gasteiger partial charge on any atom is 0.0668 e. The molecule has 0 spiro atoms. The molecule has 1 nitrogen and oxygen atoms in total. The minimum absolute atomic E-state index is 0.0859. The van der Waals surface area contributed by atoms with Crippen molar-refractivity contribution in [2.24, 2.45) is 5.92 Å². The van der Waals surface area contributed by atoms with Gasteiger partial charge in [-0.25, -0.2) is 0 Å². The van der Waals surface area contributed by atoms with Gasteiger partial charge < -0.3 is 4.52 Å². The highest BCUT2D eigenvalue weighted by Gasteiger charge is 2.19. The molecule has 0 aromatic rings. The van der Waals surface area contributed by atoms with Gasteiger partial charge in [-0.05, 0) is 32.9 Å². The first-order chi connectivity index (χ1) is 5.02. The van der Waals surface area contributed by atoms with Crippen molar-refractivity contribution < 1.29 is 4.52 Å². The molecule has 11 heavy (non-hydrogen) atoms. The van der Waals surface area contributed by atoms with Gasteiger partial charge in [0.25, 0.3) is 0 Å². The highest BCUT2D eigenvalue weighted by molar-refractivity contribution is 7.31. The van der Waals surface area contributed by atoms with Gasteiger partial charge in [0.2, 0.25) is 0 Å². The van der Waals surface area contributed by atoms with Gasteiger partial charge >= 0.3 is 0 Å². The molecule has 0 saturated heterocycles. The Morgan fingerprint density at radius 3 is 2.36 bits per heavy atom. The molecule has 0 N–H and O–H groups in total. The van der Waals surface area contributed by atoms with Gasteiger partial charge in [0.15, 0.2) is 0 Å². The fourth-order valence-electron chi connectivity index (χ4n) is 1.30. The average Bonchev–Trinajstić information content (AvgIpc) is 1.86. The normalized spacial score (nSPS) is 16.1. The molecular weight excluding hydrogens is 155 g/mol. The molecule has 0 radical (unpaired) electrons. The Kier molecular flexibility index (Phi) is 5.29. The van der Waals surface area contributed by atoms with Gasteiger partial charge in [-0.1, -0.05) is 20.3 Å². The quantitative estimate of drug-likeness (QED) is 0.583. The zero-order valence-electron chi connectivity index (χ0n) is 8.40. The molecule has 0 amide bonds. The van der Waals surface area contributed by atoms with Crippen LogP contribution in [-0.4, -0.2) is 12.3 Å². The minimum Gasteiger partial charge on any atom is -0.357 e. The van der Waals surface area contributed by atoms with E-state index in [4.69, 9.17) is 4.52 Å². The number of hydrogen-bond donors (Lipinski definition) is 0.